The highest BCUT2D eigenvalue weighted by atomic mass is 14.7. The largest absolute Gasteiger partial charge is 0.256 e. The Morgan fingerprint density at radius 3 is 2.29 bits per heavy atom. The number of pyridine rings is 1. The molecule has 1 aromatic heterocycles. The molecule has 0 spiro atoms. The molecule has 1 heteroatoms. The molecular weight excluding hydrogens is 170 g/mol. The molecule has 0 saturated heterocycles. The Bertz CT molecular complexity index is 498. The summed E-state index contributed by atoms with van der Waals surface area (Å²) in [6.45, 7) is -0.0618. The fourth-order valence-electron chi connectivity index (χ4n) is 1.29. The Morgan fingerprint density at radius 1 is 1.00 bits per heavy atom. The van der Waals surface area contributed by atoms with Gasteiger partial charge in [0.05, 0.1) is 5.69 Å². The SMILES string of the molecule is [2H]C([2H])([2H])c1ccc(-c2ccc(C)cc2)nc1. The summed E-state index contributed by atoms with van der Waals surface area (Å²) in [6.07, 6.45) is 1.42. The summed E-state index contributed by atoms with van der Waals surface area (Å²) < 4.78 is 21.8. The number of benzene rings is 1. The van der Waals surface area contributed by atoms with Gasteiger partial charge in [-0.2, -0.15) is 0 Å². The number of rotatable bonds is 1. The monoisotopic (exact) mass is 186 g/mol. The van der Waals surface area contributed by atoms with E-state index >= 15 is 0 Å². The lowest BCUT2D eigenvalue weighted by Gasteiger charge is -2.01. The summed E-state index contributed by atoms with van der Waals surface area (Å²) in [5.74, 6) is 0. The second-order valence-corrected chi connectivity index (χ2v) is 3.30. The van der Waals surface area contributed by atoms with Gasteiger partial charge in [-0.25, -0.2) is 0 Å². The first-order chi connectivity index (χ1) is 7.97. The molecule has 1 nitrogen and oxygen atoms in total. The summed E-state index contributed by atoms with van der Waals surface area (Å²) >= 11 is 0. The molecule has 0 aliphatic heterocycles. The van der Waals surface area contributed by atoms with Crippen LogP contribution in [0.1, 0.15) is 15.2 Å². The number of nitrogens with zero attached hydrogens (tertiary/aromatic N) is 1. The highest BCUT2D eigenvalue weighted by molar-refractivity contribution is 5.59. The quantitative estimate of drug-likeness (QED) is 0.665. The zero-order valence-electron chi connectivity index (χ0n) is 11.0. The van der Waals surface area contributed by atoms with Crippen LogP contribution in [0, 0.1) is 13.8 Å². The van der Waals surface area contributed by atoms with Crippen LogP contribution in [0.3, 0.4) is 0 Å². The van der Waals surface area contributed by atoms with Crippen molar-refractivity contribution in [3.8, 4) is 11.3 Å². The summed E-state index contributed by atoms with van der Waals surface area (Å²) in [5.41, 5.74) is 3.24. The first-order valence-corrected chi connectivity index (χ1v) is 4.50. The minimum absolute atomic E-state index is 0.272. The Hall–Kier alpha value is -1.63. The highest BCUT2D eigenvalue weighted by Crippen LogP contribution is 2.17. The molecule has 0 aliphatic rings. The fraction of sp³-hybridized carbons (Fsp3) is 0.154. The normalized spacial score (nSPS) is 14.2. The molecule has 14 heavy (non-hydrogen) atoms. The standard InChI is InChI=1S/C13H13N/c1-10-3-6-12(7-4-10)13-8-5-11(2)9-14-13/h3-9H,1-2H3/i2D3. The van der Waals surface area contributed by atoms with Crippen LogP contribution in [0.5, 0.6) is 0 Å². The van der Waals surface area contributed by atoms with Crippen molar-refractivity contribution < 1.29 is 4.11 Å². The van der Waals surface area contributed by atoms with E-state index in [1.807, 2.05) is 31.2 Å². The van der Waals surface area contributed by atoms with E-state index in [1.165, 1.54) is 11.8 Å². The van der Waals surface area contributed by atoms with E-state index in [0.29, 0.717) is 0 Å². The van der Waals surface area contributed by atoms with E-state index < -0.39 is 6.85 Å². The predicted molar refractivity (Wildman–Crippen MR) is 59.1 cm³/mol. The van der Waals surface area contributed by atoms with E-state index in [9.17, 15) is 0 Å². The van der Waals surface area contributed by atoms with Gasteiger partial charge in [-0.3, -0.25) is 4.98 Å². The van der Waals surface area contributed by atoms with Gasteiger partial charge in [0.1, 0.15) is 0 Å². The average Bonchev–Trinajstić information content (AvgIpc) is 2.29. The zero-order valence-corrected chi connectivity index (χ0v) is 7.99. The van der Waals surface area contributed by atoms with Gasteiger partial charge in [0.25, 0.3) is 0 Å². The molecule has 1 aromatic carbocycles. The van der Waals surface area contributed by atoms with Crippen molar-refractivity contribution in [1.82, 2.24) is 4.98 Å². The molecule has 0 amide bonds. The third-order valence-corrected chi connectivity index (χ3v) is 2.11. The molecule has 1 heterocycles. The van der Waals surface area contributed by atoms with Gasteiger partial charge in [-0.15, -0.1) is 0 Å². The molecule has 0 saturated carbocycles. The van der Waals surface area contributed by atoms with Gasteiger partial charge in [-0.1, -0.05) is 35.9 Å². The maximum absolute atomic E-state index is 7.27. The Morgan fingerprint density at radius 2 is 1.71 bits per heavy atom. The molecule has 0 radical (unpaired) electrons. The maximum atomic E-state index is 7.27. The van der Waals surface area contributed by atoms with Crippen molar-refractivity contribution in [3.63, 3.8) is 0 Å². The van der Waals surface area contributed by atoms with Crippen LogP contribution in [0.4, 0.5) is 0 Å². The molecule has 2 aromatic rings. The molecule has 2 rings (SSSR count). The number of hydrogen-bond donors (Lipinski definition) is 0. The van der Waals surface area contributed by atoms with Crippen molar-refractivity contribution in [2.45, 2.75) is 13.8 Å². The fourth-order valence-corrected chi connectivity index (χ4v) is 1.29. The molecular formula is C13H13N. The summed E-state index contributed by atoms with van der Waals surface area (Å²) in [7, 11) is 0. The van der Waals surface area contributed by atoms with E-state index in [0.717, 1.165) is 11.3 Å². The summed E-state index contributed by atoms with van der Waals surface area (Å²) in [5, 5.41) is 0. The highest BCUT2D eigenvalue weighted by Gasteiger charge is 1.97. The van der Waals surface area contributed by atoms with Crippen molar-refractivity contribution in [1.29, 1.82) is 0 Å². The summed E-state index contributed by atoms with van der Waals surface area (Å²) in [4.78, 5) is 4.19. The van der Waals surface area contributed by atoms with Crippen molar-refractivity contribution in [3.05, 3.63) is 53.7 Å². The molecule has 0 fully saturated rings. The average molecular weight is 186 g/mol. The van der Waals surface area contributed by atoms with Crippen LogP contribution in [0.2, 0.25) is 0 Å². The van der Waals surface area contributed by atoms with Crippen LogP contribution in [0.15, 0.2) is 42.6 Å². The Labute approximate surface area is 88.7 Å². The van der Waals surface area contributed by atoms with Gasteiger partial charge < -0.3 is 0 Å². The third kappa shape index (κ3) is 1.82. The summed E-state index contributed by atoms with van der Waals surface area (Å²) in [6, 6.07) is 11.3. The minimum Gasteiger partial charge on any atom is -0.256 e. The van der Waals surface area contributed by atoms with E-state index in [1.54, 1.807) is 12.1 Å². The lowest BCUT2D eigenvalue weighted by Crippen LogP contribution is -1.83. The van der Waals surface area contributed by atoms with Gasteiger partial charge in [0.2, 0.25) is 0 Å². The van der Waals surface area contributed by atoms with Gasteiger partial charge >= 0.3 is 0 Å². The Kier molecular flexibility index (Phi) is 1.54. The van der Waals surface area contributed by atoms with Gasteiger partial charge in [0.15, 0.2) is 0 Å². The third-order valence-electron chi connectivity index (χ3n) is 2.11. The zero-order chi connectivity index (χ0) is 12.5. The molecule has 0 atom stereocenters. The van der Waals surface area contributed by atoms with Crippen molar-refractivity contribution >= 4 is 0 Å². The molecule has 0 aliphatic carbocycles. The lowest BCUT2D eigenvalue weighted by atomic mass is 10.1. The first kappa shape index (κ1) is 5.97. The molecule has 70 valence electrons. The molecule has 0 bridgehead atoms. The molecule has 0 unspecified atom stereocenters. The van der Waals surface area contributed by atoms with Gasteiger partial charge in [0, 0.05) is 15.9 Å². The van der Waals surface area contributed by atoms with Crippen LogP contribution >= 0.6 is 0 Å². The maximum Gasteiger partial charge on any atom is 0.0702 e. The van der Waals surface area contributed by atoms with E-state index in [-0.39, 0.29) is 5.56 Å². The van der Waals surface area contributed by atoms with Gasteiger partial charge in [-0.05, 0) is 25.4 Å². The van der Waals surface area contributed by atoms with Crippen molar-refractivity contribution in [2.24, 2.45) is 0 Å². The lowest BCUT2D eigenvalue weighted by molar-refractivity contribution is 1.27. The Balaban J connectivity index is 2.33. The van der Waals surface area contributed by atoms with Crippen LogP contribution in [0.25, 0.3) is 11.3 Å². The number of aryl methyl sites for hydroxylation is 2. The predicted octanol–water partition coefficient (Wildman–Crippen LogP) is 3.37. The molecule has 0 N–H and O–H groups in total. The topological polar surface area (TPSA) is 12.9 Å². The van der Waals surface area contributed by atoms with Crippen LogP contribution < -0.4 is 0 Å². The smallest absolute Gasteiger partial charge is 0.0702 e. The number of hydrogen-bond acceptors (Lipinski definition) is 1. The van der Waals surface area contributed by atoms with E-state index in [2.05, 4.69) is 4.98 Å². The van der Waals surface area contributed by atoms with E-state index in [4.69, 9.17) is 4.11 Å². The van der Waals surface area contributed by atoms with Crippen LogP contribution in [-0.2, 0) is 0 Å². The van der Waals surface area contributed by atoms with Crippen LogP contribution in [-0.4, -0.2) is 4.98 Å². The number of aromatic nitrogens is 1. The first-order valence-electron chi connectivity index (χ1n) is 6.00. The second kappa shape index (κ2) is 3.62. The van der Waals surface area contributed by atoms with Crippen molar-refractivity contribution in [2.75, 3.05) is 0 Å². The minimum atomic E-state index is -2.08. The second-order valence-electron chi connectivity index (χ2n) is 3.30.